The maximum Gasteiger partial charge on any atom is 0.122 e. The Bertz CT molecular complexity index is 646. The summed E-state index contributed by atoms with van der Waals surface area (Å²) in [7, 11) is 0. The van der Waals surface area contributed by atoms with Crippen LogP contribution in [0.5, 0.6) is 5.75 Å². The zero-order chi connectivity index (χ0) is 15.0. The van der Waals surface area contributed by atoms with Crippen molar-refractivity contribution in [1.29, 1.82) is 0 Å². The van der Waals surface area contributed by atoms with Crippen molar-refractivity contribution < 1.29 is 9.84 Å². The van der Waals surface area contributed by atoms with Gasteiger partial charge in [0.1, 0.15) is 5.75 Å². The van der Waals surface area contributed by atoms with E-state index in [1.807, 2.05) is 30.7 Å². The van der Waals surface area contributed by atoms with Crippen molar-refractivity contribution in [3.8, 4) is 5.75 Å². The van der Waals surface area contributed by atoms with Gasteiger partial charge in [-0.25, -0.2) is 0 Å². The molecule has 0 radical (unpaired) electrons. The summed E-state index contributed by atoms with van der Waals surface area (Å²) in [4.78, 5) is 0. The molecule has 0 fully saturated rings. The van der Waals surface area contributed by atoms with Crippen molar-refractivity contribution >= 4 is 0 Å². The molecule has 1 N–H and O–H groups in total. The van der Waals surface area contributed by atoms with E-state index in [0.717, 1.165) is 42.3 Å². The van der Waals surface area contributed by atoms with Gasteiger partial charge in [-0.3, -0.25) is 4.68 Å². The van der Waals surface area contributed by atoms with Gasteiger partial charge >= 0.3 is 0 Å². The molecule has 1 aromatic heterocycles. The van der Waals surface area contributed by atoms with Crippen LogP contribution in [0.3, 0.4) is 0 Å². The fraction of sp³-hybridized carbons (Fsp3) is 0.471. The second-order valence-electron chi connectivity index (χ2n) is 5.81. The number of nitrogens with zero attached hydrogens (tertiary/aromatic N) is 2. The lowest BCUT2D eigenvalue weighted by molar-refractivity contribution is 0.197. The second-order valence-corrected chi connectivity index (χ2v) is 5.81. The van der Waals surface area contributed by atoms with Crippen LogP contribution in [0.2, 0.25) is 0 Å². The number of para-hydroxylation sites is 1. The first kappa shape index (κ1) is 14.1. The zero-order valence-electron chi connectivity index (χ0n) is 12.8. The molecule has 0 amide bonds. The topological polar surface area (TPSA) is 47.3 Å². The first-order valence-electron chi connectivity index (χ1n) is 7.51. The van der Waals surface area contributed by atoms with Gasteiger partial charge in [0.2, 0.25) is 0 Å². The van der Waals surface area contributed by atoms with E-state index < -0.39 is 6.10 Å². The number of hydrogen-bond donors (Lipinski definition) is 1. The molecule has 2 aromatic rings. The number of aliphatic hydroxyl groups is 1. The molecular formula is C17H22N2O2. The normalized spacial score (nSPS) is 19.0. The van der Waals surface area contributed by atoms with Gasteiger partial charge in [-0.2, -0.15) is 5.10 Å². The van der Waals surface area contributed by atoms with Gasteiger partial charge in [0.25, 0.3) is 0 Å². The van der Waals surface area contributed by atoms with Crippen molar-refractivity contribution in [3.63, 3.8) is 0 Å². The molecule has 0 spiro atoms. The summed E-state index contributed by atoms with van der Waals surface area (Å²) in [6, 6.07) is 8.24. The first-order valence-corrected chi connectivity index (χ1v) is 7.51. The van der Waals surface area contributed by atoms with Crippen LogP contribution in [0.4, 0.5) is 0 Å². The summed E-state index contributed by atoms with van der Waals surface area (Å²) in [5, 5.41) is 14.5. The van der Waals surface area contributed by atoms with Crippen molar-refractivity contribution in [2.75, 3.05) is 6.61 Å². The predicted molar refractivity (Wildman–Crippen MR) is 81.6 cm³/mol. The van der Waals surface area contributed by atoms with Gasteiger partial charge in [0.15, 0.2) is 0 Å². The lowest BCUT2D eigenvalue weighted by atomic mass is 9.93. The molecule has 0 aliphatic carbocycles. The fourth-order valence-electron chi connectivity index (χ4n) is 3.31. The van der Waals surface area contributed by atoms with Gasteiger partial charge < -0.3 is 9.84 Å². The largest absolute Gasteiger partial charge is 0.493 e. The number of fused-ring (bicyclic) bond motifs is 1. The molecule has 1 aromatic carbocycles. The van der Waals surface area contributed by atoms with Crippen LogP contribution in [0, 0.1) is 13.8 Å². The summed E-state index contributed by atoms with van der Waals surface area (Å²) in [5.74, 6) is 1.40. The number of ether oxygens (including phenoxy) is 1. The van der Waals surface area contributed by atoms with E-state index in [1.165, 1.54) is 5.56 Å². The van der Waals surface area contributed by atoms with E-state index in [0.29, 0.717) is 5.92 Å². The van der Waals surface area contributed by atoms with Crippen LogP contribution in [-0.2, 0) is 6.54 Å². The van der Waals surface area contributed by atoms with Gasteiger partial charge in [-0.05, 0) is 38.8 Å². The molecule has 3 rings (SSSR count). The van der Waals surface area contributed by atoms with E-state index >= 15 is 0 Å². The van der Waals surface area contributed by atoms with Crippen molar-refractivity contribution in [2.45, 2.75) is 45.8 Å². The quantitative estimate of drug-likeness (QED) is 0.943. The minimum atomic E-state index is -0.472. The molecule has 0 saturated heterocycles. The molecule has 112 valence electrons. The maximum atomic E-state index is 9.89. The predicted octanol–water partition coefficient (Wildman–Crippen LogP) is 3.12. The van der Waals surface area contributed by atoms with Crippen LogP contribution in [-0.4, -0.2) is 21.5 Å². The van der Waals surface area contributed by atoms with Gasteiger partial charge in [0.05, 0.1) is 18.4 Å². The molecule has 0 saturated carbocycles. The minimum Gasteiger partial charge on any atom is -0.493 e. The highest BCUT2D eigenvalue weighted by Crippen LogP contribution is 2.35. The number of hydrogen-bond acceptors (Lipinski definition) is 3. The maximum absolute atomic E-state index is 9.89. The smallest absolute Gasteiger partial charge is 0.122 e. The highest BCUT2D eigenvalue weighted by Gasteiger charge is 2.24. The highest BCUT2D eigenvalue weighted by atomic mass is 16.5. The first-order chi connectivity index (χ1) is 10.1. The van der Waals surface area contributed by atoms with Crippen LogP contribution in [0.1, 0.15) is 47.9 Å². The Hall–Kier alpha value is -1.81. The summed E-state index contributed by atoms with van der Waals surface area (Å²) in [6.45, 7) is 7.38. The number of aliphatic hydroxyl groups excluding tert-OH is 1. The van der Waals surface area contributed by atoms with Crippen LogP contribution < -0.4 is 4.74 Å². The van der Waals surface area contributed by atoms with Gasteiger partial charge in [-0.1, -0.05) is 18.2 Å². The standard InChI is InChI=1S/C17H22N2O2/c1-11-17(13(3)20)12(2)19(18-11)10-14-8-9-21-16-7-5-4-6-15(14)16/h4-7,13-14,20H,8-10H2,1-3H3. The Morgan fingerprint density at radius 1 is 1.38 bits per heavy atom. The zero-order valence-corrected chi connectivity index (χ0v) is 12.8. The van der Waals surface area contributed by atoms with Gasteiger partial charge in [0, 0.05) is 23.7 Å². The van der Waals surface area contributed by atoms with E-state index in [-0.39, 0.29) is 0 Å². The van der Waals surface area contributed by atoms with Crippen molar-refractivity contribution in [3.05, 3.63) is 46.8 Å². The summed E-state index contributed by atoms with van der Waals surface area (Å²) in [6.07, 6.45) is 0.528. The number of benzene rings is 1. The monoisotopic (exact) mass is 286 g/mol. The lowest BCUT2D eigenvalue weighted by Crippen LogP contribution is -2.19. The molecule has 4 heteroatoms. The molecule has 2 heterocycles. The third kappa shape index (κ3) is 2.56. The molecule has 2 atom stereocenters. The fourth-order valence-corrected chi connectivity index (χ4v) is 3.31. The van der Waals surface area contributed by atoms with E-state index in [1.54, 1.807) is 6.92 Å². The summed E-state index contributed by atoms with van der Waals surface area (Å²) in [5.41, 5.74) is 4.19. The number of rotatable bonds is 3. The summed E-state index contributed by atoms with van der Waals surface area (Å²) >= 11 is 0. The molecule has 2 unspecified atom stereocenters. The number of aromatic nitrogens is 2. The molecule has 0 bridgehead atoms. The van der Waals surface area contributed by atoms with Crippen LogP contribution in [0.15, 0.2) is 24.3 Å². The Kier molecular flexibility index (Phi) is 3.72. The minimum absolute atomic E-state index is 0.412. The number of aryl methyl sites for hydroxylation is 1. The highest BCUT2D eigenvalue weighted by molar-refractivity contribution is 5.38. The Balaban J connectivity index is 1.90. The lowest BCUT2D eigenvalue weighted by Gasteiger charge is -2.26. The Labute approximate surface area is 125 Å². The molecule has 4 nitrogen and oxygen atoms in total. The van der Waals surface area contributed by atoms with E-state index in [9.17, 15) is 5.11 Å². The van der Waals surface area contributed by atoms with E-state index in [4.69, 9.17) is 4.74 Å². The van der Waals surface area contributed by atoms with Crippen molar-refractivity contribution in [1.82, 2.24) is 9.78 Å². The Morgan fingerprint density at radius 3 is 2.86 bits per heavy atom. The van der Waals surface area contributed by atoms with Gasteiger partial charge in [-0.15, -0.1) is 0 Å². The molecule has 1 aliphatic rings. The average Bonchev–Trinajstić information content (AvgIpc) is 2.74. The molecule has 1 aliphatic heterocycles. The SMILES string of the molecule is Cc1nn(CC2CCOc3ccccc32)c(C)c1C(C)O. The van der Waals surface area contributed by atoms with Crippen molar-refractivity contribution in [2.24, 2.45) is 0 Å². The van der Waals surface area contributed by atoms with Crippen LogP contribution >= 0.6 is 0 Å². The molecular weight excluding hydrogens is 264 g/mol. The second kappa shape index (κ2) is 5.53. The van der Waals surface area contributed by atoms with E-state index in [2.05, 4.69) is 17.2 Å². The third-order valence-corrected chi connectivity index (χ3v) is 4.33. The average molecular weight is 286 g/mol. The van der Waals surface area contributed by atoms with Crippen LogP contribution in [0.25, 0.3) is 0 Å². The molecule has 21 heavy (non-hydrogen) atoms. The Morgan fingerprint density at radius 2 is 2.14 bits per heavy atom. The third-order valence-electron chi connectivity index (χ3n) is 4.33. The summed E-state index contributed by atoms with van der Waals surface area (Å²) < 4.78 is 7.75.